The highest BCUT2D eigenvalue weighted by atomic mass is 19.1. The third kappa shape index (κ3) is 6.08. The lowest BCUT2D eigenvalue weighted by Gasteiger charge is -2.08. The molecule has 24 heavy (non-hydrogen) atoms. The van der Waals surface area contributed by atoms with Crippen molar-refractivity contribution in [3.05, 3.63) is 66.0 Å². The van der Waals surface area contributed by atoms with E-state index in [1.54, 1.807) is 24.3 Å². The molecule has 0 bridgehead atoms. The summed E-state index contributed by atoms with van der Waals surface area (Å²) in [7, 11) is 0. The third-order valence-electron chi connectivity index (χ3n) is 3.18. The molecule has 0 aliphatic heterocycles. The van der Waals surface area contributed by atoms with Crippen molar-refractivity contribution in [2.24, 2.45) is 0 Å². The molecule has 0 aliphatic carbocycles. The topological polar surface area (TPSA) is 67.4 Å². The summed E-state index contributed by atoms with van der Waals surface area (Å²) >= 11 is 0. The van der Waals surface area contributed by atoms with Gasteiger partial charge in [0.05, 0.1) is 13.0 Å². The molecule has 2 aromatic rings. The van der Waals surface area contributed by atoms with Crippen LogP contribution in [0, 0.1) is 5.82 Å². The van der Waals surface area contributed by atoms with Crippen molar-refractivity contribution in [2.75, 3.05) is 19.7 Å². The number of hydrogen-bond acceptors (Lipinski definition) is 3. The Balaban J connectivity index is 1.56. The van der Waals surface area contributed by atoms with Gasteiger partial charge in [-0.05, 0) is 36.4 Å². The minimum absolute atomic E-state index is 0.175. The van der Waals surface area contributed by atoms with E-state index in [0.29, 0.717) is 24.4 Å². The molecular formula is C18H19FN2O3. The Morgan fingerprint density at radius 1 is 0.917 bits per heavy atom. The van der Waals surface area contributed by atoms with Gasteiger partial charge < -0.3 is 15.4 Å². The van der Waals surface area contributed by atoms with Crippen molar-refractivity contribution >= 4 is 11.8 Å². The van der Waals surface area contributed by atoms with Crippen LogP contribution in [-0.4, -0.2) is 31.5 Å². The highest BCUT2D eigenvalue weighted by Gasteiger charge is 2.05. The molecule has 2 amide bonds. The van der Waals surface area contributed by atoms with Crippen LogP contribution in [-0.2, 0) is 4.79 Å². The van der Waals surface area contributed by atoms with E-state index in [-0.39, 0.29) is 30.7 Å². The van der Waals surface area contributed by atoms with Crippen LogP contribution in [0.5, 0.6) is 5.75 Å². The van der Waals surface area contributed by atoms with E-state index >= 15 is 0 Å². The number of benzene rings is 2. The normalized spacial score (nSPS) is 10.0. The average Bonchev–Trinajstić information content (AvgIpc) is 2.61. The molecule has 0 fully saturated rings. The molecule has 0 saturated carbocycles. The Morgan fingerprint density at radius 3 is 2.29 bits per heavy atom. The number of amides is 2. The highest BCUT2D eigenvalue weighted by Crippen LogP contribution is 2.10. The largest absolute Gasteiger partial charge is 0.493 e. The lowest BCUT2D eigenvalue weighted by Crippen LogP contribution is -2.35. The lowest BCUT2D eigenvalue weighted by atomic mass is 10.2. The maximum Gasteiger partial charge on any atom is 0.251 e. The maximum atomic E-state index is 12.7. The maximum absolute atomic E-state index is 12.7. The predicted octanol–water partition coefficient (Wildman–Crippen LogP) is 2.14. The molecule has 5 nitrogen and oxygen atoms in total. The fraction of sp³-hybridized carbons (Fsp3) is 0.222. The van der Waals surface area contributed by atoms with Crippen molar-refractivity contribution < 1.29 is 18.7 Å². The molecule has 0 aliphatic rings. The third-order valence-corrected chi connectivity index (χ3v) is 3.18. The van der Waals surface area contributed by atoms with Crippen molar-refractivity contribution in [1.82, 2.24) is 10.6 Å². The van der Waals surface area contributed by atoms with E-state index < -0.39 is 0 Å². The smallest absolute Gasteiger partial charge is 0.251 e. The van der Waals surface area contributed by atoms with Crippen LogP contribution in [0.15, 0.2) is 54.6 Å². The second-order valence-corrected chi connectivity index (χ2v) is 5.02. The van der Waals surface area contributed by atoms with Crippen LogP contribution >= 0.6 is 0 Å². The van der Waals surface area contributed by atoms with Gasteiger partial charge in [0.2, 0.25) is 5.91 Å². The number of halogens is 1. The van der Waals surface area contributed by atoms with Gasteiger partial charge >= 0.3 is 0 Å². The standard InChI is InChI=1S/C18H19FN2O3/c19-15-6-8-16(9-7-15)24-13-10-17(22)20-11-12-21-18(23)14-4-2-1-3-5-14/h1-9H,10-13H2,(H,20,22)(H,21,23). The van der Waals surface area contributed by atoms with E-state index in [2.05, 4.69) is 10.6 Å². The second-order valence-electron chi connectivity index (χ2n) is 5.02. The SMILES string of the molecule is O=C(CCOc1ccc(F)cc1)NCCNC(=O)c1ccccc1. The first-order valence-corrected chi connectivity index (χ1v) is 7.63. The van der Waals surface area contributed by atoms with Gasteiger partial charge in [-0.1, -0.05) is 18.2 Å². The first-order chi connectivity index (χ1) is 11.6. The molecule has 126 valence electrons. The van der Waals surface area contributed by atoms with Gasteiger partial charge in [-0.25, -0.2) is 4.39 Å². The fourth-order valence-electron chi connectivity index (χ4n) is 1.95. The number of carbonyl (C=O) groups is 2. The van der Waals surface area contributed by atoms with Gasteiger partial charge in [0.25, 0.3) is 5.91 Å². The van der Waals surface area contributed by atoms with Crippen LogP contribution in [0.4, 0.5) is 4.39 Å². The van der Waals surface area contributed by atoms with Crippen LogP contribution in [0.1, 0.15) is 16.8 Å². The second kappa shape index (κ2) is 9.29. The first kappa shape index (κ1) is 17.5. The van der Waals surface area contributed by atoms with Crippen molar-refractivity contribution in [1.29, 1.82) is 0 Å². The van der Waals surface area contributed by atoms with E-state index in [9.17, 15) is 14.0 Å². The highest BCUT2D eigenvalue weighted by molar-refractivity contribution is 5.94. The number of ether oxygens (including phenoxy) is 1. The molecule has 0 heterocycles. The van der Waals surface area contributed by atoms with E-state index in [4.69, 9.17) is 4.74 Å². The Morgan fingerprint density at radius 2 is 1.58 bits per heavy atom. The molecule has 6 heteroatoms. The number of nitrogens with one attached hydrogen (secondary N) is 2. The molecule has 0 atom stereocenters. The summed E-state index contributed by atoms with van der Waals surface area (Å²) in [6.07, 6.45) is 0.185. The van der Waals surface area contributed by atoms with Gasteiger partial charge in [0.15, 0.2) is 0 Å². The molecule has 0 spiro atoms. The summed E-state index contributed by atoms with van der Waals surface area (Å²) in [5.74, 6) is -0.174. The molecule has 2 N–H and O–H groups in total. The molecule has 2 aromatic carbocycles. The summed E-state index contributed by atoms with van der Waals surface area (Å²) in [6.45, 7) is 0.889. The number of carbonyl (C=O) groups excluding carboxylic acids is 2. The van der Waals surface area contributed by atoms with Crippen molar-refractivity contribution in [3.63, 3.8) is 0 Å². The fourth-order valence-corrected chi connectivity index (χ4v) is 1.95. The zero-order valence-corrected chi connectivity index (χ0v) is 13.1. The molecule has 0 radical (unpaired) electrons. The first-order valence-electron chi connectivity index (χ1n) is 7.63. The zero-order chi connectivity index (χ0) is 17.2. The summed E-state index contributed by atoms with van der Waals surface area (Å²) in [6, 6.07) is 14.5. The quantitative estimate of drug-likeness (QED) is 0.729. The van der Waals surface area contributed by atoms with Crippen molar-refractivity contribution in [3.8, 4) is 5.75 Å². The van der Waals surface area contributed by atoms with Gasteiger partial charge in [-0.15, -0.1) is 0 Å². The summed E-state index contributed by atoms with van der Waals surface area (Å²) in [5, 5.41) is 5.41. The number of hydrogen-bond donors (Lipinski definition) is 2. The predicted molar refractivity (Wildman–Crippen MR) is 88.3 cm³/mol. The van der Waals surface area contributed by atoms with E-state index in [1.165, 1.54) is 24.3 Å². The van der Waals surface area contributed by atoms with Gasteiger partial charge in [-0.3, -0.25) is 9.59 Å². The minimum atomic E-state index is -0.336. The van der Waals surface area contributed by atoms with Crippen LogP contribution in [0.3, 0.4) is 0 Å². The molecule has 2 rings (SSSR count). The zero-order valence-electron chi connectivity index (χ0n) is 13.1. The minimum Gasteiger partial charge on any atom is -0.493 e. The van der Waals surface area contributed by atoms with Gasteiger partial charge in [-0.2, -0.15) is 0 Å². The summed E-state index contributed by atoms with van der Waals surface area (Å²) < 4.78 is 18.1. The molecule has 0 aromatic heterocycles. The van der Waals surface area contributed by atoms with Gasteiger partial charge in [0.1, 0.15) is 11.6 Å². The molecule has 0 saturated heterocycles. The Hall–Kier alpha value is -2.89. The molecule has 0 unspecified atom stereocenters. The van der Waals surface area contributed by atoms with Crippen LogP contribution in [0.2, 0.25) is 0 Å². The lowest BCUT2D eigenvalue weighted by molar-refractivity contribution is -0.121. The Bertz CT molecular complexity index is 660. The van der Waals surface area contributed by atoms with Crippen LogP contribution < -0.4 is 15.4 Å². The van der Waals surface area contributed by atoms with E-state index in [1.807, 2.05) is 6.07 Å². The molecular weight excluding hydrogens is 311 g/mol. The monoisotopic (exact) mass is 330 g/mol. The van der Waals surface area contributed by atoms with Crippen LogP contribution in [0.25, 0.3) is 0 Å². The van der Waals surface area contributed by atoms with Crippen molar-refractivity contribution in [2.45, 2.75) is 6.42 Å². The summed E-state index contributed by atoms with van der Waals surface area (Å²) in [5.41, 5.74) is 0.580. The Kier molecular flexibility index (Phi) is 6.76. The Labute approximate surface area is 139 Å². The van der Waals surface area contributed by atoms with E-state index in [0.717, 1.165) is 0 Å². The number of rotatable bonds is 8. The average molecular weight is 330 g/mol. The summed E-state index contributed by atoms with van der Waals surface area (Å²) in [4.78, 5) is 23.4. The van der Waals surface area contributed by atoms with Gasteiger partial charge in [0, 0.05) is 18.7 Å².